The van der Waals surface area contributed by atoms with Crippen molar-refractivity contribution in [1.82, 2.24) is 5.32 Å². The number of alkyl halides is 2. The van der Waals surface area contributed by atoms with Gasteiger partial charge in [-0.2, -0.15) is 0 Å². The number of carbonyl (C=O) groups is 1. The van der Waals surface area contributed by atoms with E-state index < -0.39 is 36.5 Å². The van der Waals surface area contributed by atoms with E-state index in [1.165, 1.54) is 12.1 Å². The SMILES string of the molecule is CC1(C)OB(c2ccc(C(=O)NC3=NCCC(C(F)F)=C3)cc2F)OC1(C)C. The summed E-state index contributed by atoms with van der Waals surface area (Å²) in [7, 11) is -0.888. The number of carbonyl (C=O) groups excluding carboxylic acids is 1. The zero-order valence-corrected chi connectivity index (χ0v) is 16.2. The van der Waals surface area contributed by atoms with Crippen molar-refractivity contribution in [2.75, 3.05) is 6.54 Å². The summed E-state index contributed by atoms with van der Waals surface area (Å²) < 4.78 is 51.9. The average Bonchev–Trinajstić information content (AvgIpc) is 2.82. The summed E-state index contributed by atoms with van der Waals surface area (Å²) in [5, 5.41) is 2.43. The molecule has 3 rings (SSSR count). The highest BCUT2D eigenvalue weighted by molar-refractivity contribution is 6.62. The molecule has 1 saturated heterocycles. The first-order valence-electron chi connectivity index (χ1n) is 9.00. The van der Waals surface area contributed by atoms with Crippen molar-refractivity contribution in [2.24, 2.45) is 4.99 Å². The zero-order chi connectivity index (χ0) is 20.7. The van der Waals surface area contributed by atoms with Crippen LogP contribution in [0.15, 0.2) is 34.8 Å². The predicted molar refractivity (Wildman–Crippen MR) is 101 cm³/mol. The Morgan fingerprint density at radius 3 is 2.43 bits per heavy atom. The third-order valence-electron chi connectivity index (χ3n) is 5.30. The number of nitrogens with zero attached hydrogens (tertiary/aromatic N) is 1. The maximum Gasteiger partial charge on any atom is 0.497 e. The van der Waals surface area contributed by atoms with E-state index in [2.05, 4.69) is 10.3 Å². The van der Waals surface area contributed by atoms with Gasteiger partial charge in [-0.15, -0.1) is 0 Å². The quantitative estimate of drug-likeness (QED) is 0.803. The summed E-state index contributed by atoms with van der Waals surface area (Å²) in [5.41, 5.74) is -1.10. The minimum atomic E-state index is -2.60. The molecule has 1 fully saturated rings. The monoisotopic (exact) mass is 394 g/mol. The third kappa shape index (κ3) is 4.00. The molecule has 1 N–H and O–H groups in total. The standard InChI is InChI=1S/C19H22BF3N2O3/c1-18(2)19(3,4)28-20(27-18)13-6-5-12(9-14(13)21)17(26)25-15-10-11(16(22)23)7-8-24-15/h5-6,9-10,16H,7-8H2,1-4H3,(H,24,25,26). The van der Waals surface area contributed by atoms with Gasteiger partial charge in [-0.3, -0.25) is 9.79 Å². The van der Waals surface area contributed by atoms with Gasteiger partial charge in [-0.05, 0) is 52.3 Å². The molecule has 0 radical (unpaired) electrons. The van der Waals surface area contributed by atoms with Crippen LogP contribution in [0.5, 0.6) is 0 Å². The molecule has 28 heavy (non-hydrogen) atoms. The molecule has 0 bridgehead atoms. The van der Waals surface area contributed by atoms with E-state index in [9.17, 15) is 18.0 Å². The van der Waals surface area contributed by atoms with Crippen LogP contribution >= 0.6 is 0 Å². The van der Waals surface area contributed by atoms with Crippen LogP contribution in [0.25, 0.3) is 0 Å². The van der Waals surface area contributed by atoms with Crippen LogP contribution in [0.3, 0.4) is 0 Å². The van der Waals surface area contributed by atoms with Crippen molar-refractivity contribution in [3.63, 3.8) is 0 Å². The van der Waals surface area contributed by atoms with Gasteiger partial charge in [0, 0.05) is 23.1 Å². The predicted octanol–water partition coefficient (Wildman–Crippen LogP) is 2.85. The molecule has 0 aliphatic carbocycles. The third-order valence-corrected chi connectivity index (χ3v) is 5.30. The fraction of sp³-hybridized carbons (Fsp3) is 0.474. The summed E-state index contributed by atoms with van der Waals surface area (Å²) in [6.45, 7) is 7.61. The fourth-order valence-electron chi connectivity index (χ4n) is 2.86. The first-order chi connectivity index (χ1) is 13.0. The Bertz CT molecular complexity index is 837. The van der Waals surface area contributed by atoms with Gasteiger partial charge >= 0.3 is 7.12 Å². The van der Waals surface area contributed by atoms with Crippen molar-refractivity contribution < 1.29 is 27.3 Å². The van der Waals surface area contributed by atoms with E-state index >= 15 is 0 Å². The van der Waals surface area contributed by atoms with Crippen molar-refractivity contribution >= 4 is 24.3 Å². The Hall–Kier alpha value is -2.13. The van der Waals surface area contributed by atoms with Crippen LogP contribution in [-0.4, -0.2) is 43.0 Å². The van der Waals surface area contributed by atoms with E-state index in [-0.39, 0.29) is 35.4 Å². The zero-order valence-electron chi connectivity index (χ0n) is 16.2. The van der Waals surface area contributed by atoms with Gasteiger partial charge in [-0.1, -0.05) is 6.07 Å². The molecule has 0 aromatic heterocycles. The second kappa shape index (κ2) is 7.37. The van der Waals surface area contributed by atoms with Crippen molar-refractivity contribution in [3.05, 3.63) is 41.2 Å². The molecule has 150 valence electrons. The van der Waals surface area contributed by atoms with Crippen molar-refractivity contribution in [2.45, 2.75) is 51.7 Å². The fourth-order valence-corrected chi connectivity index (χ4v) is 2.86. The summed E-state index contributed by atoms with van der Waals surface area (Å²) >= 11 is 0. The first-order valence-corrected chi connectivity index (χ1v) is 9.00. The van der Waals surface area contributed by atoms with Gasteiger partial charge in [0.25, 0.3) is 12.3 Å². The molecule has 2 heterocycles. The Balaban J connectivity index is 1.74. The number of aliphatic imine (C=N–C) groups is 1. The lowest BCUT2D eigenvalue weighted by atomic mass is 9.78. The number of amides is 1. The van der Waals surface area contributed by atoms with Gasteiger partial charge in [0.05, 0.1) is 11.2 Å². The number of dihydropyridines is 1. The molecule has 0 atom stereocenters. The summed E-state index contributed by atoms with van der Waals surface area (Å²) in [6.07, 6.45) is -1.30. The normalized spacial score (nSPS) is 20.8. The van der Waals surface area contributed by atoms with E-state index in [0.29, 0.717) is 0 Å². The average molecular weight is 394 g/mol. The molecule has 2 aliphatic heterocycles. The van der Waals surface area contributed by atoms with Gasteiger partial charge in [-0.25, -0.2) is 13.2 Å². The molecular formula is C19H22BF3N2O3. The lowest BCUT2D eigenvalue weighted by molar-refractivity contribution is 0.00578. The van der Waals surface area contributed by atoms with Crippen LogP contribution in [0.2, 0.25) is 0 Å². The number of rotatable bonds is 3. The Labute approximate surface area is 162 Å². The second-order valence-electron chi connectivity index (χ2n) is 7.82. The number of hydrogen-bond acceptors (Lipinski definition) is 4. The molecule has 0 saturated carbocycles. The van der Waals surface area contributed by atoms with Crippen molar-refractivity contribution in [1.29, 1.82) is 0 Å². The molecule has 0 unspecified atom stereocenters. The maximum absolute atomic E-state index is 14.6. The van der Waals surface area contributed by atoms with Crippen LogP contribution in [0.4, 0.5) is 13.2 Å². The molecule has 5 nitrogen and oxygen atoms in total. The molecule has 1 amide bonds. The molecule has 0 spiro atoms. The summed E-state index contributed by atoms with van der Waals surface area (Å²) in [6, 6.07) is 3.92. The maximum atomic E-state index is 14.6. The molecule has 1 aromatic rings. The molecule has 2 aliphatic rings. The van der Waals surface area contributed by atoms with Gasteiger partial charge in [0.15, 0.2) is 0 Å². The number of nitrogens with one attached hydrogen (secondary N) is 1. The Kier molecular flexibility index (Phi) is 5.42. The number of benzene rings is 1. The largest absolute Gasteiger partial charge is 0.497 e. The van der Waals surface area contributed by atoms with E-state index in [4.69, 9.17) is 9.31 Å². The van der Waals surface area contributed by atoms with Gasteiger partial charge in [0.1, 0.15) is 11.7 Å². The lowest BCUT2D eigenvalue weighted by Gasteiger charge is -2.32. The summed E-state index contributed by atoms with van der Waals surface area (Å²) in [5.74, 6) is -1.24. The van der Waals surface area contributed by atoms with Crippen LogP contribution in [0.1, 0.15) is 44.5 Å². The smallest absolute Gasteiger partial charge is 0.399 e. The highest BCUT2D eigenvalue weighted by Gasteiger charge is 2.52. The second-order valence-corrected chi connectivity index (χ2v) is 7.82. The highest BCUT2D eigenvalue weighted by Crippen LogP contribution is 2.36. The molecule has 1 aromatic carbocycles. The topological polar surface area (TPSA) is 59.9 Å². The van der Waals surface area contributed by atoms with Gasteiger partial charge < -0.3 is 14.6 Å². The lowest BCUT2D eigenvalue weighted by Crippen LogP contribution is -2.41. The van der Waals surface area contributed by atoms with Crippen molar-refractivity contribution in [3.8, 4) is 0 Å². The van der Waals surface area contributed by atoms with E-state index in [1.807, 2.05) is 27.7 Å². The van der Waals surface area contributed by atoms with Crippen LogP contribution in [-0.2, 0) is 9.31 Å². The highest BCUT2D eigenvalue weighted by atomic mass is 19.3. The Morgan fingerprint density at radius 2 is 1.86 bits per heavy atom. The minimum Gasteiger partial charge on any atom is -0.399 e. The molecular weight excluding hydrogens is 372 g/mol. The van der Waals surface area contributed by atoms with E-state index in [1.54, 1.807) is 0 Å². The van der Waals surface area contributed by atoms with E-state index in [0.717, 1.165) is 12.1 Å². The number of halogens is 3. The minimum absolute atomic E-state index is 0.0398. The first kappa shape index (κ1) is 20.6. The van der Waals surface area contributed by atoms with Gasteiger partial charge in [0.2, 0.25) is 0 Å². The van der Waals surface area contributed by atoms with Crippen LogP contribution in [0, 0.1) is 5.82 Å². The molecule has 9 heteroatoms. The Morgan fingerprint density at radius 1 is 1.21 bits per heavy atom. The summed E-state index contributed by atoms with van der Waals surface area (Å²) in [4.78, 5) is 16.3. The number of amidine groups is 1. The van der Waals surface area contributed by atoms with Crippen LogP contribution < -0.4 is 10.8 Å². The number of hydrogen-bond donors (Lipinski definition) is 1.